The van der Waals surface area contributed by atoms with Gasteiger partial charge >= 0.3 is 39.5 Å². The molecule has 0 heterocycles. The first-order valence-electron chi connectivity index (χ1n) is 39.0. The summed E-state index contributed by atoms with van der Waals surface area (Å²) in [7, 11) is -9.90. The van der Waals surface area contributed by atoms with Gasteiger partial charge in [-0.25, -0.2) is 9.13 Å². The zero-order valence-electron chi connectivity index (χ0n) is 61.3. The van der Waals surface area contributed by atoms with Gasteiger partial charge in [-0.2, -0.15) is 0 Å². The third kappa shape index (κ3) is 68.6. The molecule has 0 amide bonds. The van der Waals surface area contributed by atoms with Gasteiger partial charge < -0.3 is 33.8 Å². The highest BCUT2D eigenvalue weighted by molar-refractivity contribution is 7.47. The largest absolute Gasteiger partial charge is 0.472 e. The smallest absolute Gasteiger partial charge is 0.462 e. The van der Waals surface area contributed by atoms with E-state index in [1.165, 1.54) is 193 Å². The van der Waals surface area contributed by atoms with Gasteiger partial charge in [0.15, 0.2) is 12.2 Å². The van der Waals surface area contributed by atoms with Crippen LogP contribution in [0.25, 0.3) is 0 Å². The van der Waals surface area contributed by atoms with Crippen molar-refractivity contribution in [2.24, 2.45) is 11.8 Å². The zero-order chi connectivity index (χ0) is 69.3. The molecule has 94 heavy (non-hydrogen) atoms. The third-order valence-electron chi connectivity index (χ3n) is 17.5. The van der Waals surface area contributed by atoms with E-state index >= 15 is 0 Å². The zero-order valence-corrected chi connectivity index (χ0v) is 63.1. The second-order valence-electron chi connectivity index (χ2n) is 28.0. The van der Waals surface area contributed by atoms with E-state index in [1.54, 1.807) is 0 Å². The van der Waals surface area contributed by atoms with Crippen LogP contribution in [0.2, 0.25) is 0 Å². The highest BCUT2D eigenvalue weighted by Gasteiger charge is 2.30. The Hall–Kier alpha value is -1.94. The molecule has 0 fully saturated rings. The normalized spacial score (nSPS) is 14.0. The van der Waals surface area contributed by atoms with Crippen molar-refractivity contribution >= 4 is 39.5 Å². The molecule has 0 aliphatic carbocycles. The molecule has 0 aromatic heterocycles. The van der Waals surface area contributed by atoms with Crippen LogP contribution in [0.1, 0.15) is 388 Å². The first-order chi connectivity index (χ1) is 45.4. The van der Waals surface area contributed by atoms with Crippen LogP contribution in [0.15, 0.2) is 0 Å². The number of phosphoric ester groups is 2. The van der Waals surface area contributed by atoms with Crippen LogP contribution in [-0.4, -0.2) is 96.7 Å². The van der Waals surface area contributed by atoms with Gasteiger partial charge in [0, 0.05) is 25.7 Å². The summed E-state index contributed by atoms with van der Waals surface area (Å²) in [5.41, 5.74) is 0. The van der Waals surface area contributed by atoms with Crippen LogP contribution >= 0.6 is 15.6 Å². The standard InChI is InChI=1S/C75H146O17P2/c1-7-9-11-13-15-16-17-18-19-20-21-22-26-29-32-35-39-46-52-58-73(78)86-64-70(91-74(79)59-53-47-40-36-33-30-27-24-23-25-28-31-34-38-43-49-55-67(3)4)65-89-93(81,82)87-61-69(76)62-88-94(83,84)90-66-71(63-85-72(77)57-51-45-37-14-12-10-8-2)92-75(80)60-54-48-42-41-44-50-56-68(5)6/h67-71,76H,7-66H2,1-6H3,(H,81,82)(H,83,84)/t69-,70-,71-/m1/s1. The van der Waals surface area contributed by atoms with Crippen molar-refractivity contribution in [3.8, 4) is 0 Å². The minimum atomic E-state index is -4.96. The SMILES string of the molecule is CCCCCCCCCCCCCCCCCCCCCC(=O)OC[C@H](COP(=O)(O)OC[C@@H](O)COP(=O)(O)OC[C@@H](COC(=O)CCCCCCCCC)OC(=O)CCCCCCCCC(C)C)OC(=O)CCCCCCCCCCCCCCCCCCC(C)C. The Bertz CT molecular complexity index is 1820. The van der Waals surface area contributed by atoms with E-state index < -0.39 is 97.5 Å². The van der Waals surface area contributed by atoms with Crippen molar-refractivity contribution in [1.29, 1.82) is 0 Å². The summed E-state index contributed by atoms with van der Waals surface area (Å²) in [6.07, 6.45) is 54.6. The number of aliphatic hydroxyl groups excluding tert-OH is 1. The first kappa shape index (κ1) is 92.1. The average Bonchev–Trinajstić information content (AvgIpc) is 1.35. The second-order valence-corrected chi connectivity index (χ2v) is 30.9. The van der Waals surface area contributed by atoms with Gasteiger partial charge in [-0.3, -0.25) is 37.3 Å². The molecule has 17 nitrogen and oxygen atoms in total. The van der Waals surface area contributed by atoms with Crippen LogP contribution < -0.4 is 0 Å². The quantitative estimate of drug-likeness (QED) is 0.0222. The van der Waals surface area contributed by atoms with Crippen LogP contribution in [-0.2, 0) is 65.4 Å². The van der Waals surface area contributed by atoms with E-state index in [1.807, 2.05) is 0 Å². The molecule has 0 bridgehead atoms. The lowest BCUT2D eigenvalue weighted by Gasteiger charge is -2.21. The maximum absolute atomic E-state index is 13.1. The number of hydrogen-bond donors (Lipinski definition) is 3. The van der Waals surface area contributed by atoms with Gasteiger partial charge in [0.25, 0.3) is 0 Å². The third-order valence-corrected chi connectivity index (χ3v) is 19.4. The fraction of sp³-hybridized carbons (Fsp3) is 0.947. The topological polar surface area (TPSA) is 237 Å². The minimum absolute atomic E-state index is 0.102. The molecule has 0 aromatic rings. The van der Waals surface area contributed by atoms with Crippen molar-refractivity contribution in [2.75, 3.05) is 39.6 Å². The molecule has 2 unspecified atom stereocenters. The Morgan fingerprint density at radius 2 is 0.489 bits per heavy atom. The molecular formula is C75H146O17P2. The molecule has 0 rings (SSSR count). The summed E-state index contributed by atoms with van der Waals surface area (Å²) in [6, 6.07) is 0. The maximum atomic E-state index is 13.1. The van der Waals surface area contributed by atoms with Crippen LogP contribution in [0.5, 0.6) is 0 Å². The fourth-order valence-electron chi connectivity index (χ4n) is 11.5. The minimum Gasteiger partial charge on any atom is -0.462 e. The Morgan fingerprint density at radius 1 is 0.287 bits per heavy atom. The van der Waals surface area contributed by atoms with Crippen molar-refractivity contribution in [3.05, 3.63) is 0 Å². The molecular weight excluding hydrogens is 1230 g/mol. The van der Waals surface area contributed by atoms with E-state index in [9.17, 15) is 43.2 Å². The van der Waals surface area contributed by atoms with Gasteiger partial charge in [0.05, 0.1) is 26.4 Å². The molecule has 0 radical (unpaired) electrons. The van der Waals surface area contributed by atoms with Gasteiger partial charge in [0.2, 0.25) is 0 Å². The number of esters is 4. The van der Waals surface area contributed by atoms with Gasteiger partial charge in [-0.1, -0.05) is 337 Å². The Morgan fingerprint density at radius 3 is 0.723 bits per heavy atom. The van der Waals surface area contributed by atoms with Gasteiger partial charge in [-0.15, -0.1) is 0 Å². The molecule has 0 aliphatic heterocycles. The molecule has 0 spiro atoms. The molecule has 3 N–H and O–H groups in total. The number of carbonyl (C=O) groups excluding carboxylic acids is 4. The predicted octanol–water partition coefficient (Wildman–Crippen LogP) is 21.9. The number of carbonyl (C=O) groups is 4. The summed E-state index contributed by atoms with van der Waals surface area (Å²) in [6.45, 7) is 9.48. The fourth-order valence-corrected chi connectivity index (χ4v) is 13.1. The number of unbranched alkanes of at least 4 members (excludes halogenated alkanes) is 44. The highest BCUT2D eigenvalue weighted by atomic mass is 31.2. The average molecular weight is 1380 g/mol. The molecule has 0 saturated heterocycles. The highest BCUT2D eigenvalue weighted by Crippen LogP contribution is 2.45. The van der Waals surface area contributed by atoms with E-state index in [0.717, 1.165) is 109 Å². The lowest BCUT2D eigenvalue weighted by molar-refractivity contribution is -0.161. The number of aliphatic hydroxyl groups is 1. The van der Waals surface area contributed by atoms with Crippen molar-refractivity contribution in [3.63, 3.8) is 0 Å². The molecule has 0 saturated carbocycles. The molecule has 0 aliphatic rings. The van der Waals surface area contributed by atoms with Crippen molar-refractivity contribution in [1.82, 2.24) is 0 Å². The molecule has 5 atom stereocenters. The molecule has 558 valence electrons. The lowest BCUT2D eigenvalue weighted by atomic mass is 10.0. The Labute approximate surface area is 575 Å². The van der Waals surface area contributed by atoms with Gasteiger partial charge in [0.1, 0.15) is 19.3 Å². The maximum Gasteiger partial charge on any atom is 0.472 e. The van der Waals surface area contributed by atoms with E-state index in [-0.39, 0.29) is 25.7 Å². The van der Waals surface area contributed by atoms with E-state index in [2.05, 4.69) is 41.5 Å². The van der Waals surface area contributed by atoms with Crippen LogP contribution in [0.3, 0.4) is 0 Å². The summed E-state index contributed by atoms with van der Waals surface area (Å²) >= 11 is 0. The van der Waals surface area contributed by atoms with Gasteiger partial charge in [-0.05, 0) is 37.5 Å². The lowest BCUT2D eigenvalue weighted by Crippen LogP contribution is -2.30. The number of phosphoric acid groups is 2. The van der Waals surface area contributed by atoms with E-state index in [0.29, 0.717) is 31.6 Å². The van der Waals surface area contributed by atoms with E-state index in [4.69, 9.17) is 37.0 Å². The summed E-state index contributed by atoms with van der Waals surface area (Å²) in [4.78, 5) is 72.5. The predicted molar refractivity (Wildman–Crippen MR) is 381 cm³/mol. The summed E-state index contributed by atoms with van der Waals surface area (Å²) in [5.74, 6) is -0.648. The summed E-state index contributed by atoms with van der Waals surface area (Å²) in [5, 5.41) is 10.6. The first-order valence-corrected chi connectivity index (χ1v) is 42.0. The Kier molecular flexibility index (Phi) is 65.5. The number of ether oxygens (including phenoxy) is 4. The second kappa shape index (κ2) is 66.9. The van der Waals surface area contributed by atoms with Crippen molar-refractivity contribution < 1.29 is 80.2 Å². The van der Waals surface area contributed by atoms with Crippen LogP contribution in [0, 0.1) is 11.8 Å². The molecule has 0 aromatic carbocycles. The molecule has 19 heteroatoms. The number of rotatable bonds is 74. The monoisotopic (exact) mass is 1380 g/mol. The Balaban J connectivity index is 5.15. The number of hydrogen-bond acceptors (Lipinski definition) is 15. The van der Waals surface area contributed by atoms with Crippen LogP contribution in [0.4, 0.5) is 0 Å². The van der Waals surface area contributed by atoms with Crippen molar-refractivity contribution in [2.45, 2.75) is 407 Å². The summed E-state index contributed by atoms with van der Waals surface area (Å²) < 4.78 is 68.3.